The fourth-order valence-electron chi connectivity index (χ4n) is 10.5. The average molecular weight is 608 g/mol. The van der Waals surface area contributed by atoms with E-state index in [1.807, 2.05) is 12.1 Å². The molecule has 0 unspecified atom stereocenters. The third-order valence-corrected chi connectivity index (χ3v) is 12.7. The standard InChI is InChI=1S/C37H57N3O2S/c1-23(2)10-8-12-25(4)30-14-15-31-29-22-34(39-40-35(43)38-27-13-9-11-24(3)20-27)33-21-28(42-26(5)41)16-18-37(33,7)32(29)17-19-36(30,31)6/h9,11,13,20,23,25,28-33H,8,10,12,14-19,21-22H2,1-7H3,(H2,38,40,43)/b39-34+/t25-,28+,29+,30-,31+,32+,33-,36-,37-/m1/s1. The second-order valence-corrected chi connectivity index (χ2v) is 16.1. The molecule has 1 aromatic rings. The van der Waals surface area contributed by atoms with Crippen LogP contribution in [-0.4, -0.2) is 22.9 Å². The zero-order valence-corrected chi connectivity index (χ0v) is 28.7. The predicted octanol–water partition coefficient (Wildman–Crippen LogP) is 9.30. The van der Waals surface area contributed by atoms with E-state index in [-0.39, 0.29) is 17.5 Å². The van der Waals surface area contributed by atoms with Crippen molar-refractivity contribution in [2.75, 3.05) is 5.32 Å². The lowest BCUT2D eigenvalue weighted by atomic mass is 9.44. The molecule has 2 N–H and O–H groups in total. The van der Waals surface area contributed by atoms with Crippen LogP contribution in [0.1, 0.15) is 118 Å². The molecule has 0 heterocycles. The summed E-state index contributed by atoms with van der Waals surface area (Å²) in [7, 11) is 0. The summed E-state index contributed by atoms with van der Waals surface area (Å²) < 4.78 is 5.81. The maximum Gasteiger partial charge on any atom is 0.302 e. The minimum Gasteiger partial charge on any atom is -0.463 e. The maximum absolute atomic E-state index is 11.9. The smallest absolute Gasteiger partial charge is 0.302 e. The highest BCUT2D eigenvalue weighted by Gasteiger charge is 2.62. The quantitative estimate of drug-likeness (QED) is 0.175. The summed E-state index contributed by atoms with van der Waals surface area (Å²) in [5, 5.41) is 8.96. The van der Waals surface area contributed by atoms with E-state index in [4.69, 9.17) is 22.1 Å². The van der Waals surface area contributed by atoms with Gasteiger partial charge in [0.05, 0.1) is 0 Å². The number of hydrogen-bond acceptors (Lipinski definition) is 4. The van der Waals surface area contributed by atoms with Crippen molar-refractivity contribution in [3.8, 4) is 0 Å². The van der Waals surface area contributed by atoms with Gasteiger partial charge in [0.25, 0.3) is 0 Å². The minimum atomic E-state index is -0.171. The van der Waals surface area contributed by atoms with Gasteiger partial charge in [0, 0.05) is 24.2 Å². The fourth-order valence-corrected chi connectivity index (χ4v) is 10.7. The Morgan fingerprint density at radius 2 is 1.81 bits per heavy atom. The second kappa shape index (κ2) is 13.2. The van der Waals surface area contributed by atoms with Crippen LogP contribution in [0.3, 0.4) is 0 Å². The Labute approximate surface area is 266 Å². The van der Waals surface area contributed by atoms with E-state index in [2.05, 4.69) is 64.4 Å². The number of fused-ring (bicyclic) bond motifs is 5. The van der Waals surface area contributed by atoms with E-state index in [0.29, 0.717) is 28.3 Å². The number of carbonyl (C=O) groups excluding carboxylic acids is 1. The summed E-state index contributed by atoms with van der Waals surface area (Å²) in [6, 6.07) is 8.25. The maximum atomic E-state index is 11.9. The van der Waals surface area contributed by atoms with Gasteiger partial charge in [0.15, 0.2) is 5.11 Å². The molecule has 238 valence electrons. The van der Waals surface area contributed by atoms with E-state index in [9.17, 15) is 4.79 Å². The molecule has 4 aliphatic carbocycles. The lowest BCUT2D eigenvalue weighted by Gasteiger charge is -2.61. The third-order valence-electron chi connectivity index (χ3n) is 12.5. The predicted molar refractivity (Wildman–Crippen MR) is 182 cm³/mol. The molecule has 0 saturated heterocycles. The van der Waals surface area contributed by atoms with E-state index in [1.165, 1.54) is 56.2 Å². The Bertz CT molecular complexity index is 1200. The molecule has 5 rings (SSSR count). The monoisotopic (exact) mass is 607 g/mol. The fraction of sp³-hybridized carbons (Fsp3) is 0.757. The first-order chi connectivity index (χ1) is 20.4. The highest BCUT2D eigenvalue weighted by Crippen LogP contribution is 2.68. The first kappa shape index (κ1) is 32.4. The minimum absolute atomic E-state index is 0.0221. The molecule has 4 fully saturated rings. The van der Waals surface area contributed by atoms with Gasteiger partial charge in [-0.05, 0) is 135 Å². The van der Waals surface area contributed by atoms with Gasteiger partial charge in [-0.15, -0.1) is 0 Å². The molecule has 6 heteroatoms. The van der Waals surface area contributed by atoms with Crippen LogP contribution in [0.25, 0.3) is 0 Å². The second-order valence-electron chi connectivity index (χ2n) is 15.7. The number of benzene rings is 1. The number of ether oxygens (including phenoxy) is 1. The highest BCUT2D eigenvalue weighted by molar-refractivity contribution is 7.80. The normalized spacial score (nSPS) is 36.8. The van der Waals surface area contributed by atoms with Crippen LogP contribution in [-0.2, 0) is 9.53 Å². The SMILES string of the molecule is CC(=O)O[C@H]1CC[C@@]2(C)[C@H](C1)/C(=N/NC(=S)Nc1cccc(C)c1)C[C@@H]1[C@@H]2CC[C@]2(C)[C@@H]([C@H](C)CCCC(C)C)CC[C@@H]12. The molecule has 1 aromatic carbocycles. The van der Waals surface area contributed by atoms with Gasteiger partial charge < -0.3 is 10.1 Å². The topological polar surface area (TPSA) is 62.7 Å². The number of thiocarbonyl (C=S) groups is 1. The van der Waals surface area contributed by atoms with Crippen molar-refractivity contribution >= 4 is 34.7 Å². The summed E-state index contributed by atoms with van der Waals surface area (Å²) in [4.78, 5) is 11.9. The van der Waals surface area contributed by atoms with Crippen LogP contribution >= 0.6 is 12.2 Å². The molecule has 0 amide bonds. The summed E-state index contributed by atoms with van der Waals surface area (Å²) in [5.41, 5.74) is 7.26. The Morgan fingerprint density at radius 1 is 1.07 bits per heavy atom. The number of aryl methyl sites for hydroxylation is 1. The van der Waals surface area contributed by atoms with E-state index < -0.39 is 0 Å². The van der Waals surface area contributed by atoms with Crippen molar-refractivity contribution in [1.82, 2.24) is 5.43 Å². The van der Waals surface area contributed by atoms with Crippen molar-refractivity contribution in [2.45, 2.75) is 125 Å². The Kier molecular flexibility index (Phi) is 9.95. The number of esters is 1. The van der Waals surface area contributed by atoms with Crippen molar-refractivity contribution in [3.63, 3.8) is 0 Å². The Morgan fingerprint density at radius 3 is 2.53 bits per heavy atom. The number of hydrogen-bond donors (Lipinski definition) is 2. The number of hydrazone groups is 1. The summed E-state index contributed by atoms with van der Waals surface area (Å²) in [6.07, 6.45) is 13.5. The van der Waals surface area contributed by atoms with Crippen LogP contribution in [0, 0.1) is 59.2 Å². The van der Waals surface area contributed by atoms with Gasteiger partial charge in [0.2, 0.25) is 0 Å². The van der Waals surface area contributed by atoms with Gasteiger partial charge in [0.1, 0.15) is 6.10 Å². The van der Waals surface area contributed by atoms with Gasteiger partial charge >= 0.3 is 5.97 Å². The van der Waals surface area contributed by atoms with Crippen molar-refractivity contribution in [3.05, 3.63) is 29.8 Å². The Hall–Kier alpha value is -1.95. The molecule has 5 nitrogen and oxygen atoms in total. The molecule has 0 aliphatic heterocycles. The van der Waals surface area contributed by atoms with Crippen LogP contribution in [0.15, 0.2) is 29.4 Å². The summed E-state index contributed by atoms with van der Waals surface area (Å²) in [6.45, 7) is 16.1. The molecular formula is C37H57N3O2S. The highest BCUT2D eigenvalue weighted by atomic mass is 32.1. The average Bonchev–Trinajstić information content (AvgIpc) is 3.29. The van der Waals surface area contributed by atoms with Crippen LogP contribution in [0.2, 0.25) is 0 Å². The van der Waals surface area contributed by atoms with E-state index in [1.54, 1.807) is 6.92 Å². The molecule has 4 saturated carbocycles. The summed E-state index contributed by atoms with van der Waals surface area (Å²) >= 11 is 5.71. The van der Waals surface area contributed by atoms with E-state index >= 15 is 0 Å². The molecule has 0 spiro atoms. The first-order valence-corrected chi connectivity index (χ1v) is 17.7. The summed E-state index contributed by atoms with van der Waals surface area (Å²) in [5.74, 6) is 4.70. The number of anilines is 1. The van der Waals surface area contributed by atoms with Gasteiger partial charge in [-0.1, -0.05) is 66.0 Å². The number of carbonyl (C=O) groups is 1. The Balaban J connectivity index is 1.38. The number of nitrogens with zero attached hydrogens (tertiary/aromatic N) is 1. The molecule has 0 bridgehead atoms. The van der Waals surface area contributed by atoms with E-state index in [0.717, 1.165) is 55.0 Å². The zero-order chi connectivity index (χ0) is 30.9. The largest absolute Gasteiger partial charge is 0.463 e. The lowest BCUT2D eigenvalue weighted by molar-refractivity contribution is -0.153. The number of rotatable bonds is 8. The van der Waals surface area contributed by atoms with Crippen LogP contribution in [0.5, 0.6) is 0 Å². The van der Waals surface area contributed by atoms with Crippen molar-refractivity contribution in [1.29, 1.82) is 0 Å². The molecule has 4 aliphatic rings. The van der Waals surface area contributed by atoms with Gasteiger partial charge in [-0.3, -0.25) is 10.2 Å². The van der Waals surface area contributed by atoms with Crippen LogP contribution in [0.4, 0.5) is 5.69 Å². The molecule has 0 radical (unpaired) electrons. The molecule has 43 heavy (non-hydrogen) atoms. The van der Waals surface area contributed by atoms with Crippen LogP contribution < -0.4 is 10.7 Å². The van der Waals surface area contributed by atoms with Gasteiger partial charge in [-0.25, -0.2) is 0 Å². The van der Waals surface area contributed by atoms with Crippen molar-refractivity contribution in [2.24, 2.45) is 57.4 Å². The first-order valence-electron chi connectivity index (χ1n) is 17.3. The molecule has 0 aromatic heterocycles. The third kappa shape index (κ3) is 6.84. The van der Waals surface area contributed by atoms with Crippen molar-refractivity contribution < 1.29 is 9.53 Å². The molecular weight excluding hydrogens is 550 g/mol. The lowest BCUT2D eigenvalue weighted by Crippen LogP contribution is -2.57. The number of nitrogens with one attached hydrogen (secondary N) is 2. The van der Waals surface area contributed by atoms with Gasteiger partial charge in [-0.2, -0.15) is 5.10 Å². The zero-order valence-electron chi connectivity index (χ0n) is 27.9. The molecule has 9 atom stereocenters.